The van der Waals surface area contributed by atoms with E-state index >= 15 is 0 Å². The maximum Gasteiger partial charge on any atom is 0.0389 e. The second-order valence-electron chi connectivity index (χ2n) is 2.75. The zero-order valence-corrected chi connectivity index (χ0v) is 5.06. The fourth-order valence-electron chi connectivity index (χ4n) is 1.56. The maximum absolute atomic E-state index is 4.41. The van der Waals surface area contributed by atoms with Gasteiger partial charge in [-0.2, -0.15) is 0 Å². The number of hydrogen-bond donors (Lipinski definition) is 0. The maximum atomic E-state index is 4.41. The highest BCUT2D eigenvalue weighted by molar-refractivity contribution is 5.92. The Morgan fingerprint density at radius 2 is 2.38 bits per heavy atom. The van der Waals surface area contributed by atoms with Crippen LogP contribution in [0.2, 0.25) is 0 Å². The minimum Gasteiger partial charge on any atom is -0.294 e. The van der Waals surface area contributed by atoms with Gasteiger partial charge in [-0.1, -0.05) is 0 Å². The summed E-state index contributed by atoms with van der Waals surface area (Å²) in [7, 11) is 0. The second-order valence-corrected chi connectivity index (χ2v) is 2.75. The lowest BCUT2D eigenvalue weighted by molar-refractivity contribution is 0.471. The third-order valence-corrected chi connectivity index (χ3v) is 2.25. The fraction of sp³-hybridized carbons (Fsp3) is 0.857. The van der Waals surface area contributed by atoms with E-state index in [1.165, 1.54) is 31.4 Å². The van der Waals surface area contributed by atoms with Gasteiger partial charge in [-0.05, 0) is 31.6 Å². The van der Waals surface area contributed by atoms with Crippen LogP contribution in [-0.2, 0) is 0 Å². The molecule has 0 N–H and O–H groups in total. The topological polar surface area (TPSA) is 12.4 Å². The van der Waals surface area contributed by atoms with Crippen molar-refractivity contribution >= 4 is 5.71 Å². The van der Waals surface area contributed by atoms with Crippen molar-refractivity contribution in [1.82, 2.24) is 0 Å². The van der Waals surface area contributed by atoms with Crippen molar-refractivity contribution in [2.24, 2.45) is 10.9 Å². The molecule has 0 amide bonds. The van der Waals surface area contributed by atoms with Crippen LogP contribution in [0.15, 0.2) is 4.99 Å². The highest BCUT2D eigenvalue weighted by Crippen LogP contribution is 2.30. The van der Waals surface area contributed by atoms with E-state index in [9.17, 15) is 0 Å². The predicted octanol–water partition coefficient (Wildman–Crippen LogP) is 1.63. The molecule has 0 aromatic carbocycles. The van der Waals surface area contributed by atoms with Crippen LogP contribution < -0.4 is 0 Å². The molecule has 1 unspecified atom stereocenters. The Balaban J connectivity index is 2.13. The summed E-state index contributed by atoms with van der Waals surface area (Å²) in [6.07, 6.45) is 5.51. The molecule has 0 spiro atoms. The molecule has 1 heterocycles. The van der Waals surface area contributed by atoms with Crippen molar-refractivity contribution in [2.45, 2.75) is 25.7 Å². The summed E-state index contributed by atoms with van der Waals surface area (Å²) in [5, 5.41) is 0. The predicted molar refractivity (Wildman–Crippen MR) is 34.3 cm³/mol. The Kier molecular flexibility index (Phi) is 0.893. The van der Waals surface area contributed by atoms with Gasteiger partial charge < -0.3 is 0 Å². The molecule has 0 aromatic heterocycles. The zero-order valence-electron chi connectivity index (χ0n) is 5.06. The first-order valence-corrected chi connectivity index (χ1v) is 3.50. The average Bonchev–Trinajstić information content (AvgIpc) is 1.72. The lowest BCUT2D eigenvalue weighted by Crippen LogP contribution is -2.29. The average molecular weight is 109 g/mol. The van der Waals surface area contributed by atoms with Crippen LogP contribution >= 0.6 is 0 Å². The largest absolute Gasteiger partial charge is 0.294 e. The molecule has 1 fully saturated rings. The zero-order chi connectivity index (χ0) is 5.40. The Hall–Kier alpha value is -0.330. The molecule has 8 heavy (non-hydrogen) atoms. The lowest BCUT2D eigenvalue weighted by atomic mass is 9.78. The summed E-state index contributed by atoms with van der Waals surface area (Å²) < 4.78 is 0. The first-order chi connectivity index (χ1) is 3.97. The second kappa shape index (κ2) is 1.57. The van der Waals surface area contributed by atoms with Crippen LogP contribution in [0.25, 0.3) is 0 Å². The molecule has 1 aliphatic heterocycles. The molecule has 0 bridgehead atoms. The van der Waals surface area contributed by atoms with Gasteiger partial charge in [-0.3, -0.25) is 4.99 Å². The molecule has 0 aromatic rings. The van der Waals surface area contributed by atoms with E-state index < -0.39 is 0 Å². The smallest absolute Gasteiger partial charge is 0.0389 e. The Bertz CT molecular complexity index is 126. The first kappa shape index (κ1) is 4.54. The van der Waals surface area contributed by atoms with Gasteiger partial charge >= 0.3 is 0 Å². The summed E-state index contributed by atoms with van der Waals surface area (Å²) in [5.41, 5.74) is 1.52. The van der Waals surface area contributed by atoms with Crippen LogP contribution in [0, 0.1) is 5.92 Å². The van der Waals surface area contributed by atoms with Crippen LogP contribution in [0.1, 0.15) is 25.7 Å². The SMILES string of the molecule is C1CN=C2CCC2C1. The number of rotatable bonds is 0. The molecule has 1 atom stereocenters. The molecule has 0 radical (unpaired) electrons. The highest BCUT2D eigenvalue weighted by atomic mass is 14.8. The van der Waals surface area contributed by atoms with Crippen LogP contribution in [0.3, 0.4) is 0 Å². The van der Waals surface area contributed by atoms with Crippen molar-refractivity contribution in [3.05, 3.63) is 0 Å². The lowest BCUT2D eigenvalue weighted by Gasteiger charge is -2.31. The third kappa shape index (κ3) is 0.504. The van der Waals surface area contributed by atoms with Crippen molar-refractivity contribution < 1.29 is 0 Å². The molecule has 0 saturated heterocycles. The van der Waals surface area contributed by atoms with E-state index in [2.05, 4.69) is 4.99 Å². The van der Waals surface area contributed by atoms with E-state index in [1.807, 2.05) is 0 Å². The van der Waals surface area contributed by atoms with Gasteiger partial charge in [-0.25, -0.2) is 0 Å². The minimum atomic E-state index is 0.934. The number of nitrogens with zero attached hydrogens (tertiary/aromatic N) is 1. The van der Waals surface area contributed by atoms with Gasteiger partial charge in [0.1, 0.15) is 0 Å². The van der Waals surface area contributed by atoms with Crippen LogP contribution in [0.5, 0.6) is 0 Å². The molecule has 1 aliphatic carbocycles. The van der Waals surface area contributed by atoms with E-state index in [0.717, 1.165) is 12.5 Å². The Morgan fingerprint density at radius 1 is 1.38 bits per heavy atom. The van der Waals surface area contributed by atoms with Gasteiger partial charge in [0.25, 0.3) is 0 Å². The van der Waals surface area contributed by atoms with Gasteiger partial charge in [0.15, 0.2) is 0 Å². The van der Waals surface area contributed by atoms with Gasteiger partial charge in [0, 0.05) is 12.3 Å². The van der Waals surface area contributed by atoms with Gasteiger partial charge in [-0.15, -0.1) is 0 Å². The highest BCUT2D eigenvalue weighted by Gasteiger charge is 2.26. The van der Waals surface area contributed by atoms with E-state index in [4.69, 9.17) is 0 Å². The fourth-order valence-corrected chi connectivity index (χ4v) is 1.56. The Labute approximate surface area is 49.8 Å². The number of hydrogen-bond acceptors (Lipinski definition) is 1. The molecule has 1 saturated carbocycles. The third-order valence-electron chi connectivity index (χ3n) is 2.25. The quantitative estimate of drug-likeness (QED) is 0.448. The molecule has 2 aliphatic rings. The van der Waals surface area contributed by atoms with Crippen molar-refractivity contribution in [1.29, 1.82) is 0 Å². The van der Waals surface area contributed by atoms with Crippen LogP contribution in [-0.4, -0.2) is 12.3 Å². The van der Waals surface area contributed by atoms with Crippen molar-refractivity contribution in [3.63, 3.8) is 0 Å². The van der Waals surface area contributed by atoms with Gasteiger partial charge in [0.2, 0.25) is 0 Å². The first-order valence-electron chi connectivity index (χ1n) is 3.50. The molecule has 1 heteroatoms. The molecular weight excluding hydrogens is 98.1 g/mol. The van der Waals surface area contributed by atoms with Gasteiger partial charge in [0.05, 0.1) is 0 Å². The minimum absolute atomic E-state index is 0.934. The molecule has 44 valence electrons. The van der Waals surface area contributed by atoms with E-state index in [1.54, 1.807) is 0 Å². The number of fused-ring (bicyclic) bond motifs is 1. The standard InChI is InChI=1S/C7H11N/c1-2-6-3-4-7(6)8-5-1/h6H,1-5H2. The summed E-state index contributed by atoms with van der Waals surface area (Å²) in [6, 6.07) is 0. The van der Waals surface area contributed by atoms with Crippen LogP contribution in [0.4, 0.5) is 0 Å². The van der Waals surface area contributed by atoms with Crippen molar-refractivity contribution in [2.75, 3.05) is 6.54 Å². The molecule has 1 nitrogen and oxygen atoms in total. The van der Waals surface area contributed by atoms with Crippen molar-refractivity contribution in [3.8, 4) is 0 Å². The monoisotopic (exact) mass is 109 g/mol. The van der Waals surface area contributed by atoms with E-state index in [0.29, 0.717) is 0 Å². The number of aliphatic imine (C=N–C) groups is 1. The molecule has 2 rings (SSSR count). The van der Waals surface area contributed by atoms with E-state index in [-0.39, 0.29) is 0 Å². The summed E-state index contributed by atoms with van der Waals surface area (Å²) in [6.45, 7) is 1.12. The normalized spacial score (nSPS) is 35.0. The Morgan fingerprint density at radius 3 is 2.75 bits per heavy atom. The summed E-state index contributed by atoms with van der Waals surface area (Å²) in [5.74, 6) is 0.934. The summed E-state index contributed by atoms with van der Waals surface area (Å²) in [4.78, 5) is 4.41. The molecular formula is C7H11N. The summed E-state index contributed by atoms with van der Waals surface area (Å²) >= 11 is 0.